The van der Waals surface area contributed by atoms with Gasteiger partial charge in [-0.25, -0.2) is 8.42 Å². The molecule has 7 heteroatoms. The standard InChI is InChI=1S/C16H26N2O4S/c1-11-4-2-3-5-14(11)17-16(20)12-8-15(19)18(9-12)13-6-7-23(21,22)10-13/h11-14H,2-10H2,1H3,(H,17,20)/t11-,12+,13+,14+/m1/s1. The maximum absolute atomic E-state index is 12.5. The summed E-state index contributed by atoms with van der Waals surface area (Å²) in [7, 11) is -3.02. The normalized spacial score (nSPS) is 37.1. The molecule has 3 fully saturated rings. The van der Waals surface area contributed by atoms with E-state index in [-0.39, 0.29) is 47.7 Å². The van der Waals surface area contributed by atoms with E-state index in [1.807, 2.05) is 0 Å². The van der Waals surface area contributed by atoms with Crippen molar-refractivity contribution in [2.24, 2.45) is 11.8 Å². The molecule has 3 aliphatic rings. The van der Waals surface area contributed by atoms with Gasteiger partial charge >= 0.3 is 0 Å². The molecular weight excluding hydrogens is 316 g/mol. The van der Waals surface area contributed by atoms with Crippen molar-refractivity contribution in [3.05, 3.63) is 0 Å². The Labute approximate surface area is 137 Å². The minimum absolute atomic E-state index is 0.0412. The zero-order valence-electron chi connectivity index (χ0n) is 13.7. The van der Waals surface area contributed by atoms with E-state index in [4.69, 9.17) is 0 Å². The van der Waals surface area contributed by atoms with Gasteiger partial charge in [0.25, 0.3) is 0 Å². The van der Waals surface area contributed by atoms with Gasteiger partial charge < -0.3 is 10.2 Å². The highest BCUT2D eigenvalue weighted by molar-refractivity contribution is 7.91. The summed E-state index contributed by atoms with van der Waals surface area (Å²) in [5.41, 5.74) is 0. The third-order valence-electron chi connectivity index (χ3n) is 5.62. The first kappa shape index (κ1) is 16.7. The Kier molecular flexibility index (Phi) is 4.67. The number of nitrogens with one attached hydrogen (secondary N) is 1. The molecule has 0 spiro atoms. The molecule has 0 unspecified atom stereocenters. The van der Waals surface area contributed by atoms with E-state index >= 15 is 0 Å². The van der Waals surface area contributed by atoms with Crippen molar-refractivity contribution in [2.75, 3.05) is 18.1 Å². The fourth-order valence-electron chi connectivity index (χ4n) is 4.11. The van der Waals surface area contributed by atoms with Crippen molar-refractivity contribution >= 4 is 21.7 Å². The molecule has 0 radical (unpaired) electrons. The van der Waals surface area contributed by atoms with E-state index in [1.165, 1.54) is 6.42 Å². The van der Waals surface area contributed by atoms with Crippen molar-refractivity contribution in [1.29, 1.82) is 0 Å². The Bertz CT molecular complexity index is 589. The first-order valence-electron chi connectivity index (χ1n) is 8.66. The Morgan fingerprint density at radius 2 is 1.96 bits per heavy atom. The molecule has 23 heavy (non-hydrogen) atoms. The third-order valence-corrected chi connectivity index (χ3v) is 7.37. The summed E-state index contributed by atoms with van der Waals surface area (Å²) in [6, 6.07) is -0.0221. The van der Waals surface area contributed by atoms with Crippen LogP contribution in [0.15, 0.2) is 0 Å². The topological polar surface area (TPSA) is 83.6 Å². The van der Waals surface area contributed by atoms with E-state index in [0.29, 0.717) is 18.9 Å². The van der Waals surface area contributed by atoms with Gasteiger partial charge in [-0.2, -0.15) is 0 Å². The predicted molar refractivity (Wildman–Crippen MR) is 86.4 cm³/mol. The summed E-state index contributed by atoms with van der Waals surface area (Å²) in [5.74, 6) is 0.232. The van der Waals surface area contributed by atoms with Gasteiger partial charge in [0.2, 0.25) is 11.8 Å². The number of rotatable bonds is 3. The lowest BCUT2D eigenvalue weighted by atomic mass is 9.85. The molecule has 6 nitrogen and oxygen atoms in total. The van der Waals surface area contributed by atoms with Crippen molar-refractivity contribution < 1.29 is 18.0 Å². The van der Waals surface area contributed by atoms with Gasteiger partial charge in [0.05, 0.1) is 17.4 Å². The molecule has 2 amide bonds. The van der Waals surface area contributed by atoms with Crippen LogP contribution < -0.4 is 5.32 Å². The van der Waals surface area contributed by atoms with Crippen LogP contribution in [-0.2, 0) is 19.4 Å². The molecule has 1 saturated carbocycles. The number of carbonyl (C=O) groups excluding carboxylic acids is 2. The first-order chi connectivity index (χ1) is 10.9. The minimum Gasteiger partial charge on any atom is -0.353 e. The van der Waals surface area contributed by atoms with Crippen LogP contribution in [0.1, 0.15) is 45.4 Å². The molecule has 130 valence electrons. The van der Waals surface area contributed by atoms with Gasteiger partial charge in [-0.3, -0.25) is 9.59 Å². The van der Waals surface area contributed by atoms with Crippen LogP contribution >= 0.6 is 0 Å². The molecule has 3 rings (SSSR count). The highest BCUT2D eigenvalue weighted by Gasteiger charge is 2.42. The van der Waals surface area contributed by atoms with E-state index in [1.54, 1.807) is 4.90 Å². The average molecular weight is 342 g/mol. The SMILES string of the molecule is C[C@@H]1CCCC[C@@H]1NC(=O)[C@H]1CC(=O)N([C@H]2CCS(=O)(=O)C2)C1. The van der Waals surface area contributed by atoms with Crippen LogP contribution in [0.2, 0.25) is 0 Å². The number of nitrogens with zero attached hydrogens (tertiary/aromatic N) is 1. The van der Waals surface area contributed by atoms with Gasteiger partial charge in [0.1, 0.15) is 0 Å². The van der Waals surface area contributed by atoms with Crippen LogP contribution in [0.3, 0.4) is 0 Å². The number of likely N-dealkylation sites (tertiary alicyclic amines) is 1. The monoisotopic (exact) mass is 342 g/mol. The Balaban J connectivity index is 1.57. The average Bonchev–Trinajstić information content (AvgIpc) is 3.04. The Morgan fingerprint density at radius 3 is 2.61 bits per heavy atom. The summed E-state index contributed by atoms with van der Waals surface area (Å²) in [6.07, 6.45) is 5.23. The lowest BCUT2D eigenvalue weighted by Gasteiger charge is -2.30. The molecule has 0 aromatic rings. The lowest BCUT2D eigenvalue weighted by Crippen LogP contribution is -2.45. The lowest BCUT2D eigenvalue weighted by molar-refractivity contribution is -0.130. The van der Waals surface area contributed by atoms with Crippen molar-refractivity contribution in [2.45, 2.75) is 57.5 Å². The van der Waals surface area contributed by atoms with Crippen LogP contribution in [-0.4, -0.2) is 55.3 Å². The number of hydrogen-bond acceptors (Lipinski definition) is 4. The van der Waals surface area contributed by atoms with E-state index in [2.05, 4.69) is 12.2 Å². The second-order valence-corrected chi connectivity index (χ2v) is 9.61. The van der Waals surface area contributed by atoms with E-state index in [0.717, 1.165) is 19.3 Å². The molecular formula is C16H26N2O4S. The Hall–Kier alpha value is -1.11. The maximum Gasteiger partial charge on any atom is 0.225 e. The van der Waals surface area contributed by atoms with Crippen LogP contribution in [0.4, 0.5) is 0 Å². The second-order valence-electron chi connectivity index (χ2n) is 7.38. The van der Waals surface area contributed by atoms with Crippen molar-refractivity contribution in [3.8, 4) is 0 Å². The maximum atomic E-state index is 12.5. The van der Waals surface area contributed by atoms with E-state index in [9.17, 15) is 18.0 Å². The smallest absolute Gasteiger partial charge is 0.225 e. The van der Waals surface area contributed by atoms with Gasteiger partial charge in [-0.05, 0) is 25.2 Å². The fourth-order valence-corrected chi connectivity index (χ4v) is 5.84. The molecule has 0 aromatic heterocycles. The quantitative estimate of drug-likeness (QED) is 0.819. The van der Waals surface area contributed by atoms with Crippen molar-refractivity contribution in [3.63, 3.8) is 0 Å². The molecule has 4 atom stereocenters. The zero-order valence-corrected chi connectivity index (χ0v) is 14.5. The Morgan fingerprint density at radius 1 is 1.22 bits per heavy atom. The predicted octanol–water partition coefficient (Wildman–Crippen LogP) is 0.717. The largest absolute Gasteiger partial charge is 0.353 e. The van der Waals surface area contributed by atoms with Crippen molar-refractivity contribution in [1.82, 2.24) is 10.2 Å². The highest BCUT2D eigenvalue weighted by Crippen LogP contribution is 2.28. The first-order valence-corrected chi connectivity index (χ1v) is 10.5. The molecule has 0 bridgehead atoms. The van der Waals surface area contributed by atoms with Gasteiger partial charge in [-0.15, -0.1) is 0 Å². The van der Waals surface area contributed by atoms with Gasteiger partial charge in [-0.1, -0.05) is 19.8 Å². The zero-order chi connectivity index (χ0) is 16.6. The molecule has 1 aliphatic carbocycles. The van der Waals surface area contributed by atoms with Gasteiger partial charge in [0, 0.05) is 25.0 Å². The minimum atomic E-state index is -3.02. The van der Waals surface area contributed by atoms with Crippen LogP contribution in [0.5, 0.6) is 0 Å². The molecule has 2 aliphatic heterocycles. The highest BCUT2D eigenvalue weighted by atomic mass is 32.2. The summed E-state index contributed by atoms with van der Waals surface area (Å²) >= 11 is 0. The van der Waals surface area contributed by atoms with Gasteiger partial charge in [0.15, 0.2) is 9.84 Å². The second kappa shape index (κ2) is 6.42. The summed E-state index contributed by atoms with van der Waals surface area (Å²) in [4.78, 5) is 26.3. The molecule has 1 N–H and O–H groups in total. The molecule has 0 aromatic carbocycles. The third kappa shape index (κ3) is 3.70. The molecule has 2 heterocycles. The van der Waals surface area contributed by atoms with Crippen LogP contribution in [0.25, 0.3) is 0 Å². The summed E-state index contributed by atoms with van der Waals surface area (Å²) in [6.45, 7) is 2.53. The number of sulfone groups is 1. The van der Waals surface area contributed by atoms with E-state index < -0.39 is 9.84 Å². The fraction of sp³-hybridized carbons (Fsp3) is 0.875. The summed E-state index contributed by atoms with van der Waals surface area (Å²) in [5, 5.41) is 3.12. The van der Waals surface area contributed by atoms with Crippen LogP contribution in [0, 0.1) is 11.8 Å². The number of hydrogen-bond donors (Lipinski definition) is 1. The number of carbonyl (C=O) groups is 2. The molecule has 2 saturated heterocycles. The summed E-state index contributed by atoms with van der Waals surface area (Å²) < 4.78 is 23.2. The number of amides is 2.